The van der Waals surface area contributed by atoms with E-state index in [1.807, 2.05) is 30.3 Å². The van der Waals surface area contributed by atoms with E-state index in [-0.39, 0.29) is 21.4 Å². The van der Waals surface area contributed by atoms with Gasteiger partial charge in [0.15, 0.2) is 0 Å². The zero-order valence-corrected chi connectivity index (χ0v) is 16.8. The quantitative estimate of drug-likeness (QED) is 0.662. The predicted octanol–water partition coefficient (Wildman–Crippen LogP) is 2.48. The molecule has 0 aliphatic rings. The van der Waals surface area contributed by atoms with E-state index in [0.29, 0.717) is 6.54 Å². The molecule has 0 aliphatic heterocycles. The molecule has 146 valence electrons. The van der Waals surface area contributed by atoms with Gasteiger partial charge in [-0.2, -0.15) is 0 Å². The largest absolute Gasteiger partial charge is 0.289 e. The lowest BCUT2D eigenvalue weighted by Crippen LogP contribution is -2.23. The number of anilines is 1. The number of hydrogen-bond acceptors (Lipinski definition) is 5. The third-order valence-corrected chi connectivity index (χ3v) is 6.20. The van der Waals surface area contributed by atoms with E-state index >= 15 is 0 Å². The Morgan fingerprint density at radius 1 is 1.18 bits per heavy atom. The number of sulfonamides is 1. The van der Waals surface area contributed by atoms with E-state index < -0.39 is 15.9 Å². The van der Waals surface area contributed by atoms with Crippen LogP contribution in [0.4, 0.5) is 5.95 Å². The topological polar surface area (TPSA) is 97.2 Å². The Morgan fingerprint density at radius 3 is 2.57 bits per heavy atom. The van der Waals surface area contributed by atoms with Crippen molar-refractivity contribution in [2.24, 2.45) is 0 Å². The molecule has 1 heterocycles. The van der Waals surface area contributed by atoms with Gasteiger partial charge in [-0.15, -0.1) is 5.10 Å². The molecule has 0 spiro atoms. The number of carbonyl (C=O) groups excluding carboxylic acids is 1. The first-order valence-corrected chi connectivity index (χ1v) is 10.1. The van der Waals surface area contributed by atoms with Crippen LogP contribution in [0.2, 0.25) is 5.02 Å². The minimum Gasteiger partial charge on any atom is -0.289 e. The van der Waals surface area contributed by atoms with Gasteiger partial charge in [-0.1, -0.05) is 41.9 Å². The van der Waals surface area contributed by atoms with Crippen molar-refractivity contribution in [2.45, 2.75) is 11.4 Å². The van der Waals surface area contributed by atoms with Crippen molar-refractivity contribution in [3.8, 4) is 0 Å². The number of amides is 1. The molecule has 1 amide bonds. The van der Waals surface area contributed by atoms with Crippen LogP contribution in [0.1, 0.15) is 15.9 Å². The summed E-state index contributed by atoms with van der Waals surface area (Å²) in [5.41, 5.74) is 1.17. The Labute approximate surface area is 167 Å². The van der Waals surface area contributed by atoms with Crippen LogP contribution in [0.15, 0.2) is 59.8 Å². The molecule has 0 saturated carbocycles. The minimum atomic E-state index is -3.78. The molecule has 8 nitrogen and oxygen atoms in total. The van der Waals surface area contributed by atoms with Crippen LogP contribution < -0.4 is 5.32 Å². The molecule has 10 heteroatoms. The standard InChI is InChI=1S/C18H18ClN5O3S/c1-23(2)28(26,27)16-10-14(8-9-15(16)19)17(25)21-18-20-12-24(22-18)11-13-6-4-3-5-7-13/h3-10,12H,11H2,1-2H3,(H,21,22,25). The van der Waals surface area contributed by atoms with Crippen LogP contribution in [0.25, 0.3) is 0 Å². The van der Waals surface area contributed by atoms with E-state index in [9.17, 15) is 13.2 Å². The number of benzene rings is 2. The second-order valence-corrected chi connectivity index (χ2v) is 8.67. The Balaban J connectivity index is 1.77. The Hall–Kier alpha value is -2.75. The lowest BCUT2D eigenvalue weighted by molar-refractivity contribution is 0.102. The van der Waals surface area contributed by atoms with E-state index in [4.69, 9.17) is 11.6 Å². The molecule has 1 N–H and O–H groups in total. The maximum Gasteiger partial charge on any atom is 0.258 e. The summed E-state index contributed by atoms with van der Waals surface area (Å²) in [7, 11) is -1.000. The summed E-state index contributed by atoms with van der Waals surface area (Å²) < 4.78 is 27.3. The van der Waals surface area contributed by atoms with Crippen LogP contribution in [0.3, 0.4) is 0 Å². The molecular formula is C18H18ClN5O3S. The summed E-state index contributed by atoms with van der Waals surface area (Å²) >= 11 is 6.00. The van der Waals surface area contributed by atoms with E-state index in [2.05, 4.69) is 15.4 Å². The zero-order chi connectivity index (χ0) is 20.3. The maximum atomic E-state index is 12.5. The van der Waals surface area contributed by atoms with Crippen LogP contribution in [-0.4, -0.2) is 47.5 Å². The molecule has 0 atom stereocenters. The summed E-state index contributed by atoms with van der Waals surface area (Å²) in [6.45, 7) is 0.510. The number of aromatic nitrogens is 3. The Bertz CT molecular complexity index is 1100. The molecule has 1 aromatic heterocycles. The van der Waals surface area contributed by atoms with Gasteiger partial charge in [0.25, 0.3) is 5.91 Å². The summed E-state index contributed by atoms with van der Waals surface area (Å²) in [6.07, 6.45) is 1.51. The molecule has 28 heavy (non-hydrogen) atoms. The zero-order valence-electron chi connectivity index (χ0n) is 15.2. The maximum absolute atomic E-state index is 12.5. The van der Waals surface area contributed by atoms with E-state index in [0.717, 1.165) is 9.87 Å². The highest BCUT2D eigenvalue weighted by atomic mass is 35.5. The van der Waals surface area contributed by atoms with Crippen molar-refractivity contribution in [1.29, 1.82) is 0 Å². The summed E-state index contributed by atoms with van der Waals surface area (Å²) in [5.74, 6) is -0.419. The van der Waals surface area contributed by atoms with Gasteiger partial charge in [0, 0.05) is 19.7 Å². The molecule has 0 saturated heterocycles. The van der Waals surface area contributed by atoms with Crippen LogP contribution in [-0.2, 0) is 16.6 Å². The number of nitrogens with zero attached hydrogens (tertiary/aromatic N) is 4. The third-order valence-electron chi connectivity index (χ3n) is 3.90. The normalized spacial score (nSPS) is 11.6. The van der Waals surface area contributed by atoms with E-state index in [1.165, 1.54) is 38.6 Å². The number of halogens is 1. The fourth-order valence-electron chi connectivity index (χ4n) is 2.41. The van der Waals surface area contributed by atoms with Crippen LogP contribution in [0, 0.1) is 0 Å². The fourth-order valence-corrected chi connectivity index (χ4v) is 3.81. The van der Waals surface area contributed by atoms with E-state index in [1.54, 1.807) is 4.68 Å². The lowest BCUT2D eigenvalue weighted by atomic mass is 10.2. The van der Waals surface area contributed by atoms with Gasteiger partial charge >= 0.3 is 0 Å². The molecule has 3 aromatic rings. The van der Waals surface area contributed by atoms with Gasteiger partial charge in [0.05, 0.1) is 11.6 Å². The molecule has 0 radical (unpaired) electrons. The van der Waals surface area contributed by atoms with Gasteiger partial charge in [-0.25, -0.2) is 22.4 Å². The number of nitrogens with one attached hydrogen (secondary N) is 1. The fraction of sp³-hybridized carbons (Fsp3) is 0.167. The highest BCUT2D eigenvalue weighted by Gasteiger charge is 2.22. The molecule has 0 unspecified atom stereocenters. The molecular weight excluding hydrogens is 402 g/mol. The summed E-state index contributed by atoms with van der Waals surface area (Å²) in [5, 5.41) is 6.80. The first-order chi connectivity index (χ1) is 13.3. The van der Waals surface area contributed by atoms with Crippen LogP contribution >= 0.6 is 11.6 Å². The highest BCUT2D eigenvalue weighted by molar-refractivity contribution is 7.89. The third kappa shape index (κ3) is 4.38. The molecule has 2 aromatic carbocycles. The first-order valence-electron chi connectivity index (χ1n) is 8.24. The monoisotopic (exact) mass is 419 g/mol. The number of hydrogen-bond donors (Lipinski definition) is 1. The molecule has 0 bridgehead atoms. The minimum absolute atomic E-state index is 0.0375. The summed E-state index contributed by atoms with van der Waals surface area (Å²) in [6, 6.07) is 13.7. The lowest BCUT2D eigenvalue weighted by Gasteiger charge is -2.13. The van der Waals surface area contributed by atoms with Crippen LogP contribution in [0.5, 0.6) is 0 Å². The van der Waals surface area contributed by atoms with Crippen molar-refractivity contribution in [1.82, 2.24) is 19.1 Å². The van der Waals surface area contributed by atoms with Crippen molar-refractivity contribution in [2.75, 3.05) is 19.4 Å². The highest BCUT2D eigenvalue weighted by Crippen LogP contribution is 2.25. The van der Waals surface area contributed by atoms with Gasteiger partial charge < -0.3 is 0 Å². The van der Waals surface area contributed by atoms with Gasteiger partial charge in [-0.3, -0.25) is 10.1 Å². The van der Waals surface area contributed by atoms with Crippen molar-refractivity contribution < 1.29 is 13.2 Å². The Morgan fingerprint density at radius 2 is 1.89 bits per heavy atom. The first kappa shape index (κ1) is 20.0. The van der Waals surface area contributed by atoms with Crippen molar-refractivity contribution in [3.05, 3.63) is 71.0 Å². The average molecular weight is 420 g/mol. The number of carbonyl (C=O) groups is 1. The SMILES string of the molecule is CN(C)S(=O)(=O)c1cc(C(=O)Nc2ncn(Cc3ccccc3)n2)ccc1Cl. The van der Waals surface area contributed by atoms with Gasteiger partial charge in [-0.05, 0) is 23.8 Å². The second-order valence-electron chi connectivity index (χ2n) is 6.14. The summed E-state index contributed by atoms with van der Waals surface area (Å²) in [4.78, 5) is 16.4. The van der Waals surface area contributed by atoms with Crippen molar-refractivity contribution >= 4 is 33.5 Å². The number of rotatable bonds is 6. The van der Waals surface area contributed by atoms with Crippen molar-refractivity contribution in [3.63, 3.8) is 0 Å². The smallest absolute Gasteiger partial charge is 0.258 e. The second kappa shape index (κ2) is 8.09. The molecule has 3 rings (SSSR count). The molecule has 0 aliphatic carbocycles. The molecule has 0 fully saturated rings. The predicted molar refractivity (Wildman–Crippen MR) is 106 cm³/mol. The Kier molecular flexibility index (Phi) is 5.78. The van der Waals surface area contributed by atoms with Gasteiger partial charge in [0.2, 0.25) is 16.0 Å². The van der Waals surface area contributed by atoms with Gasteiger partial charge in [0.1, 0.15) is 11.2 Å². The average Bonchev–Trinajstić information content (AvgIpc) is 3.09.